The molecule has 1 N–H and O–H groups in total. The van der Waals surface area contributed by atoms with Crippen LogP contribution in [-0.2, 0) is 21.1 Å². The molecule has 1 heterocycles. The van der Waals surface area contributed by atoms with Gasteiger partial charge in [0.25, 0.3) is 0 Å². The van der Waals surface area contributed by atoms with Crippen molar-refractivity contribution >= 4 is 27.1 Å². The smallest absolute Gasteiger partial charge is 0.225 e. The number of hydrogen-bond acceptors (Lipinski definition) is 4. The van der Waals surface area contributed by atoms with Gasteiger partial charge in [0.05, 0.1) is 17.4 Å². The summed E-state index contributed by atoms with van der Waals surface area (Å²) in [5, 5.41) is 4.95. The second kappa shape index (κ2) is 7.07. The van der Waals surface area contributed by atoms with Crippen molar-refractivity contribution in [3.63, 3.8) is 0 Å². The molecule has 1 unspecified atom stereocenters. The van der Waals surface area contributed by atoms with Crippen molar-refractivity contribution in [2.75, 3.05) is 6.26 Å². The second-order valence-corrected chi connectivity index (χ2v) is 8.17. The maximum Gasteiger partial charge on any atom is 0.225 e. The minimum absolute atomic E-state index is 0.0264. The predicted molar refractivity (Wildman–Crippen MR) is 88.7 cm³/mol. The Kier molecular flexibility index (Phi) is 5.37. The molecule has 0 aliphatic carbocycles. The average molecular weight is 337 g/mol. The zero-order chi connectivity index (χ0) is 16.2. The highest BCUT2D eigenvalue weighted by atomic mass is 32.2. The normalized spacial score (nSPS) is 12.8. The Labute approximate surface area is 135 Å². The third-order valence-corrected chi connectivity index (χ3v) is 5.37. The molecule has 118 valence electrons. The van der Waals surface area contributed by atoms with Crippen LogP contribution in [0.1, 0.15) is 29.8 Å². The van der Waals surface area contributed by atoms with Crippen LogP contribution in [0.4, 0.5) is 0 Å². The maximum absolute atomic E-state index is 12.1. The van der Waals surface area contributed by atoms with Crippen LogP contribution in [0.5, 0.6) is 0 Å². The number of thiophene rings is 1. The first-order valence-electron chi connectivity index (χ1n) is 7.02. The number of nitrogens with one attached hydrogen (secondary N) is 1. The average Bonchev–Trinajstić information content (AvgIpc) is 2.97. The standard InChI is InChI=1S/C16H19NO3S2/c1-3-15(17-16(18)11-13-5-4-10-21-13)12-6-8-14(9-7-12)22(2,19)20/h4-10,15H,3,11H2,1-2H3,(H,17,18). The summed E-state index contributed by atoms with van der Waals surface area (Å²) in [6.45, 7) is 1.99. The molecule has 0 radical (unpaired) electrons. The van der Waals surface area contributed by atoms with Crippen LogP contribution in [-0.4, -0.2) is 20.6 Å². The summed E-state index contributed by atoms with van der Waals surface area (Å²) in [4.78, 5) is 13.4. The Hall–Kier alpha value is -1.66. The Morgan fingerprint density at radius 2 is 1.91 bits per heavy atom. The van der Waals surface area contributed by atoms with E-state index in [-0.39, 0.29) is 16.8 Å². The lowest BCUT2D eigenvalue weighted by Crippen LogP contribution is -2.29. The summed E-state index contributed by atoms with van der Waals surface area (Å²) in [6.07, 6.45) is 2.30. The van der Waals surface area contributed by atoms with Gasteiger partial charge < -0.3 is 5.32 Å². The van der Waals surface area contributed by atoms with Crippen LogP contribution < -0.4 is 5.32 Å². The summed E-state index contributed by atoms with van der Waals surface area (Å²) >= 11 is 1.56. The molecule has 2 rings (SSSR count). The maximum atomic E-state index is 12.1. The SMILES string of the molecule is CCC(NC(=O)Cc1cccs1)c1ccc(S(C)(=O)=O)cc1. The molecule has 1 aromatic heterocycles. The fraction of sp³-hybridized carbons (Fsp3) is 0.312. The molecule has 0 bridgehead atoms. The largest absolute Gasteiger partial charge is 0.349 e. The highest BCUT2D eigenvalue weighted by Gasteiger charge is 2.14. The molecule has 0 saturated heterocycles. The summed E-state index contributed by atoms with van der Waals surface area (Å²) in [5.74, 6) is -0.0264. The number of rotatable bonds is 6. The van der Waals surface area contributed by atoms with E-state index in [4.69, 9.17) is 0 Å². The van der Waals surface area contributed by atoms with Gasteiger partial charge in [-0.05, 0) is 35.6 Å². The summed E-state index contributed by atoms with van der Waals surface area (Å²) in [7, 11) is -3.20. The van der Waals surface area contributed by atoms with E-state index < -0.39 is 9.84 Å². The van der Waals surface area contributed by atoms with E-state index >= 15 is 0 Å². The van der Waals surface area contributed by atoms with Crippen LogP contribution >= 0.6 is 11.3 Å². The molecule has 1 atom stereocenters. The monoisotopic (exact) mass is 337 g/mol. The van der Waals surface area contributed by atoms with Crippen molar-refractivity contribution in [3.8, 4) is 0 Å². The molecule has 0 spiro atoms. The zero-order valence-corrected chi connectivity index (χ0v) is 14.2. The van der Waals surface area contributed by atoms with Gasteiger partial charge in [-0.15, -0.1) is 11.3 Å². The Morgan fingerprint density at radius 3 is 2.41 bits per heavy atom. The van der Waals surface area contributed by atoms with E-state index in [1.807, 2.05) is 24.4 Å². The molecule has 6 heteroatoms. The van der Waals surface area contributed by atoms with Gasteiger partial charge in [0.2, 0.25) is 5.91 Å². The molecular weight excluding hydrogens is 318 g/mol. The van der Waals surface area contributed by atoms with Crippen molar-refractivity contribution < 1.29 is 13.2 Å². The first kappa shape index (κ1) is 16.7. The lowest BCUT2D eigenvalue weighted by Gasteiger charge is -2.17. The number of amides is 1. The lowest BCUT2D eigenvalue weighted by atomic mass is 10.0. The topological polar surface area (TPSA) is 63.2 Å². The van der Waals surface area contributed by atoms with Crippen LogP contribution in [0.2, 0.25) is 0 Å². The highest BCUT2D eigenvalue weighted by molar-refractivity contribution is 7.90. The summed E-state index contributed by atoms with van der Waals surface area (Å²) in [6, 6.07) is 10.4. The number of carbonyl (C=O) groups is 1. The Bertz CT molecular complexity index is 719. The quantitative estimate of drug-likeness (QED) is 0.881. The Morgan fingerprint density at radius 1 is 1.23 bits per heavy atom. The van der Waals surface area contributed by atoms with Crippen molar-refractivity contribution in [1.29, 1.82) is 0 Å². The molecule has 1 aromatic carbocycles. The van der Waals surface area contributed by atoms with E-state index in [1.54, 1.807) is 35.6 Å². The molecular formula is C16H19NO3S2. The van der Waals surface area contributed by atoms with Gasteiger partial charge in [0.15, 0.2) is 9.84 Å². The molecule has 0 fully saturated rings. The first-order chi connectivity index (χ1) is 10.4. The van der Waals surface area contributed by atoms with Crippen LogP contribution in [0, 0.1) is 0 Å². The molecule has 22 heavy (non-hydrogen) atoms. The Balaban J connectivity index is 2.06. The zero-order valence-electron chi connectivity index (χ0n) is 12.6. The van der Waals surface area contributed by atoms with E-state index in [0.717, 1.165) is 16.9 Å². The van der Waals surface area contributed by atoms with Gasteiger partial charge in [-0.3, -0.25) is 4.79 Å². The van der Waals surface area contributed by atoms with Gasteiger partial charge in [-0.2, -0.15) is 0 Å². The van der Waals surface area contributed by atoms with Crippen LogP contribution in [0.15, 0.2) is 46.7 Å². The van der Waals surface area contributed by atoms with Gasteiger partial charge in [0.1, 0.15) is 0 Å². The molecule has 1 amide bonds. The highest BCUT2D eigenvalue weighted by Crippen LogP contribution is 2.19. The number of carbonyl (C=O) groups excluding carboxylic acids is 1. The second-order valence-electron chi connectivity index (χ2n) is 5.13. The van der Waals surface area contributed by atoms with Crippen LogP contribution in [0.3, 0.4) is 0 Å². The van der Waals surface area contributed by atoms with E-state index in [0.29, 0.717) is 6.42 Å². The van der Waals surface area contributed by atoms with Gasteiger partial charge >= 0.3 is 0 Å². The fourth-order valence-corrected chi connectivity index (χ4v) is 3.52. The molecule has 2 aromatic rings. The predicted octanol–water partition coefficient (Wildman–Crippen LogP) is 2.96. The fourth-order valence-electron chi connectivity index (χ4n) is 2.19. The third-order valence-electron chi connectivity index (χ3n) is 3.37. The number of hydrogen-bond donors (Lipinski definition) is 1. The van der Waals surface area contributed by atoms with Gasteiger partial charge in [0, 0.05) is 11.1 Å². The number of sulfone groups is 1. The van der Waals surface area contributed by atoms with E-state index in [1.165, 1.54) is 6.26 Å². The van der Waals surface area contributed by atoms with Crippen molar-refractivity contribution in [2.24, 2.45) is 0 Å². The number of benzene rings is 1. The minimum atomic E-state index is -3.20. The minimum Gasteiger partial charge on any atom is -0.349 e. The molecule has 0 saturated carbocycles. The van der Waals surface area contributed by atoms with Crippen molar-refractivity contribution in [2.45, 2.75) is 30.7 Å². The molecule has 4 nitrogen and oxygen atoms in total. The summed E-state index contributed by atoms with van der Waals surface area (Å²) in [5.41, 5.74) is 0.912. The van der Waals surface area contributed by atoms with Crippen molar-refractivity contribution in [1.82, 2.24) is 5.32 Å². The van der Waals surface area contributed by atoms with E-state index in [9.17, 15) is 13.2 Å². The van der Waals surface area contributed by atoms with Gasteiger partial charge in [-0.1, -0.05) is 25.1 Å². The summed E-state index contributed by atoms with van der Waals surface area (Å²) < 4.78 is 22.9. The van der Waals surface area contributed by atoms with Gasteiger partial charge in [-0.25, -0.2) is 8.42 Å². The first-order valence-corrected chi connectivity index (χ1v) is 9.79. The van der Waals surface area contributed by atoms with Crippen LogP contribution in [0.25, 0.3) is 0 Å². The van der Waals surface area contributed by atoms with Crippen molar-refractivity contribution in [3.05, 3.63) is 52.2 Å². The third kappa shape index (κ3) is 4.42. The molecule has 0 aliphatic heterocycles. The lowest BCUT2D eigenvalue weighted by molar-refractivity contribution is -0.121. The van der Waals surface area contributed by atoms with E-state index in [2.05, 4.69) is 5.32 Å². The molecule has 0 aliphatic rings.